The molecule has 8 heteroatoms. The first kappa shape index (κ1) is 20.3. The number of halogens is 3. The summed E-state index contributed by atoms with van der Waals surface area (Å²) >= 11 is 0. The van der Waals surface area contributed by atoms with Gasteiger partial charge in [0.15, 0.2) is 0 Å². The minimum Gasteiger partial charge on any atom is -0.348 e. The Balaban J connectivity index is 1.73. The van der Waals surface area contributed by atoms with E-state index < -0.39 is 23.1 Å². The number of pyridine rings is 2. The quantitative estimate of drug-likeness (QED) is 0.511. The van der Waals surface area contributed by atoms with Crippen LogP contribution in [0, 0.1) is 0 Å². The van der Waals surface area contributed by atoms with Gasteiger partial charge in [0, 0.05) is 30.5 Å². The van der Waals surface area contributed by atoms with Crippen molar-refractivity contribution in [2.45, 2.75) is 6.18 Å². The maximum Gasteiger partial charge on any atom is 0.417 e. The molecule has 0 saturated carbocycles. The van der Waals surface area contributed by atoms with Crippen LogP contribution < -0.4 is 10.7 Å². The molecule has 2 aromatic carbocycles. The fourth-order valence-corrected chi connectivity index (χ4v) is 3.41. The molecule has 2 aromatic heterocycles. The summed E-state index contributed by atoms with van der Waals surface area (Å²) in [6.45, 7) is 0. The molecule has 0 fully saturated rings. The lowest BCUT2D eigenvalue weighted by atomic mass is 9.98. The van der Waals surface area contributed by atoms with Gasteiger partial charge in [-0.15, -0.1) is 0 Å². The summed E-state index contributed by atoms with van der Waals surface area (Å²) in [6.07, 6.45) is -0.359. The van der Waals surface area contributed by atoms with Crippen molar-refractivity contribution >= 4 is 22.5 Å². The molecule has 0 bridgehead atoms. The molecule has 0 atom stereocenters. The van der Waals surface area contributed by atoms with Crippen LogP contribution in [0.4, 0.5) is 18.9 Å². The van der Waals surface area contributed by atoms with Gasteiger partial charge in [0.25, 0.3) is 5.91 Å². The highest BCUT2D eigenvalue weighted by atomic mass is 19.4. The van der Waals surface area contributed by atoms with Gasteiger partial charge in [0.2, 0.25) is 5.43 Å². The Morgan fingerprint density at radius 3 is 2.52 bits per heavy atom. The van der Waals surface area contributed by atoms with Crippen LogP contribution in [0.1, 0.15) is 15.9 Å². The number of carbonyl (C=O) groups excluding carboxylic acids is 1. The number of nitrogens with one attached hydrogen (secondary N) is 1. The monoisotopic (exact) mass is 423 g/mol. The molecule has 0 radical (unpaired) electrons. The first-order valence-electron chi connectivity index (χ1n) is 9.27. The van der Waals surface area contributed by atoms with E-state index in [-0.39, 0.29) is 16.8 Å². The number of carbonyl (C=O) groups is 1. The van der Waals surface area contributed by atoms with Crippen LogP contribution in [0.25, 0.3) is 22.0 Å². The van der Waals surface area contributed by atoms with E-state index in [2.05, 4.69) is 10.3 Å². The van der Waals surface area contributed by atoms with E-state index in [1.54, 1.807) is 41.9 Å². The second-order valence-corrected chi connectivity index (χ2v) is 6.95. The summed E-state index contributed by atoms with van der Waals surface area (Å²) in [6, 6.07) is 13.2. The van der Waals surface area contributed by atoms with Crippen molar-refractivity contribution in [1.29, 1.82) is 0 Å². The van der Waals surface area contributed by atoms with E-state index in [1.807, 2.05) is 0 Å². The minimum atomic E-state index is -4.63. The van der Waals surface area contributed by atoms with Gasteiger partial charge in [-0.1, -0.05) is 36.4 Å². The molecule has 5 nitrogen and oxygen atoms in total. The van der Waals surface area contributed by atoms with Gasteiger partial charge in [-0.3, -0.25) is 14.6 Å². The first-order chi connectivity index (χ1) is 14.8. The molecule has 1 N–H and O–H groups in total. The van der Waals surface area contributed by atoms with Gasteiger partial charge < -0.3 is 9.88 Å². The molecular formula is C23H16F3N3O2. The van der Waals surface area contributed by atoms with Crippen LogP contribution >= 0.6 is 0 Å². The Kier molecular flexibility index (Phi) is 5.06. The third kappa shape index (κ3) is 3.92. The summed E-state index contributed by atoms with van der Waals surface area (Å²) in [5, 5.41) is 2.71. The largest absolute Gasteiger partial charge is 0.417 e. The highest BCUT2D eigenvalue weighted by Gasteiger charge is 2.34. The Morgan fingerprint density at radius 2 is 1.81 bits per heavy atom. The number of hydrogen-bond donors (Lipinski definition) is 1. The first-order valence-corrected chi connectivity index (χ1v) is 9.27. The molecule has 0 aliphatic carbocycles. The van der Waals surface area contributed by atoms with Crippen molar-refractivity contribution < 1.29 is 18.0 Å². The van der Waals surface area contributed by atoms with Crippen LogP contribution in [0.3, 0.4) is 0 Å². The smallest absolute Gasteiger partial charge is 0.348 e. The molecule has 4 rings (SSSR count). The molecule has 4 aromatic rings. The van der Waals surface area contributed by atoms with Gasteiger partial charge in [0.05, 0.1) is 17.3 Å². The highest BCUT2D eigenvalue weighted by Crippen LogP contribution is 2.38. The number of aromatic nitrogens is 2. The normalized spacial score (nSPS) is 11.5. The average molecular weight is 423 g/mol. The maximum atomic E-state index is 13.7. The maximum absolute atomic E-state index is 13.7. The van der Waals surface area contributed by atoms with Gasteiger partial charge in [-0.25, -0.2) is 0 Å². The third-order valence-corrected chi connectivity index (χ3v) is 4.90. The number of rotatable bonds is 3. The molecule has 0 spiro atoms. The van der Waals surface area contributed by atoms with Crippen molar-refractivity contribution in [3.63, 3.8) is 0 Å². The fraction of sp³-hybridized carbons (Fsp3) is 0.0870. The lowest BCUT2D eigenvalue weighted by Crippen LogP contribution is -2.23. The summed E-state index contributed by atoms with van der Waals surface area (Å²) in [4.78, 5) is 29.4. The van der Waals surface area contributed by atoms with Crippen LogP contribution in [-0.4, -0.2) is 15.5 Å². The molecule has 2 heterocycles. The summed E-state index contributed by atoms with van der Waals surface area (Å²) < 4.78 is 42.6. The Labute approximate surface area is 174 Å². The lowest BCUT2D eigenvalue weighted by molar-refractivity contribution is -0.137. The Bertz CT molecular complexity index is 1350. The second-order valence-electron chi connectivity index (χ2n) is 6.95. The molecule has 31 heavy (non-hydrogen) atoms. The van der Waals surface area contributed by atoms with E-state index in [1.165, 1.54) is 36.8 Å². The minimum absolute atomic E-state index is 0.000202. The fourth-order valence-electron chi connectivity index (χ4n) is 3.41. The number of amides is 1. The zero-order chi connectivity index (χ0) is 22.2. The molecule has 0 saturated heterocycles. The number of aryl methyl sites for hydroxylation is 1. The SMILES string of the molecule is Cn1cc(C(=O)Nc2ccc(-c3ccccc3)c(C(F)(F)F)c2)c(=O)c2ccncc21. The second kappa shape index (κ2) is 7.71. The Hall–Kier alpha value is -3.94. The lowest BCUT2D eigenvalue weighted by Gasteiger charge is -2.15. The standard InChI is InChI=1S/C23H16F3N3O2/c1-29-13-18(21(30)17-9-10-27-12-20(17)29)22(31)28-15-7-8-16(14-5-3-2-4-6-14)19(11-15)23(24,25)26/h2-13H,1H3,(H,28,31). The number of fused-ring (bicyclic) bond motifs is 1. The zero-order valence-electron chi connectivity index (χ0n) is 16.3. The predicted octanol–water partition coefficient (Wildman–Crippen LogP) is 4.87. The summed E-state index contributed by atoms with van der Waals surface area (Å²) in [7, 11) is 1.65. The van der Waals surface area contributed by atoms with Crippen molar-refractivity contribution in [1.82, 2.24) is 9.55 Å². The average Bonchev–Trinajstić information content (AvgIpc) is 2.76. The molecule has 0 unspecified atom stereocenters. The van der Waals surface area contributed by atoms with Crippen molar-refractivity contribution in [2.24, 2.45) is 7.05 Å². The molecule has 0 aliphatic heterocycles. The number of nitrogens with zero attached hydrogens (tertiary/aromatic N) is 2. The van der Waals surface area contributed by atoms with Crippen molar-refractivity contribution in [2.75, 3.05) is 5.32 Å². The van der Waals surface area contributed by atoms with Gasteiger partial charge in [-0.05, 0) is 29.3 Å². The van der Waals surface area contributed by atoms with Crippen LogP contribution in [0.15, 0.2) is 78.0 Å². The highest BCUT2D eigenvalue weighted by molar-refractivity contribution is 6.05. The van der Waals surface area contributed by atoms with E-state index >= 15 is 0 Å². The van der Waals surface area contributed by atoms with Crippen molar-refractivity contribution in [3.05, 3.63) is 94.5 Å². The van der Waals surface area contributed by atoms with Crippen LogP contribution in [0.2, 0.25) is 0 Å². The predicted molar refractivity (Wildman–Crippen MR) is 112 cm³/mol. The van der Waals surface area contributed by atoms with Crippen LogP contribution in [0.5, 0.6) is 0 Å². The van der Waals surface area contributed by atoms with Gasteiger partial charge in [0.1, 0.15) is 5.56 Å². The van der Waals surface area contributed by atoms with E-state index in [4.69, 9.17) is 0 Å². The number of benzene rings is 2. The topological polar surface area (TPSA) is 64.0 Å². The number of alkyl halides is 3. The zero-order valence-corrected chi connectivity index (χ0v) is 16.3. The van der Waals surface area contributed by atoms with Crippen molar-refractivity contribution in [3.8, 4) is 11.1 Å². The number of hydrogen-bond acceptors (Lipinski definition) is 3. The van der Waals surface area contributed by atoms with Gasteiger partial charge in [-0.2, -0.15) is 13.2 Å². The molecule has 1 amide bonds. The Morgan fingerprint density at radius 1 is 1.06 bits per heavy atom. The van der Waals surface area contributed by atoms with Gasteiger partial charge >= 0.3 is 6.18 Å². The van der Waals surface area contributed by atoms with E-state index in [9.17, 15) is 22.8 Å². The summed E-state index contributed by atoms with van der Waals surface area (Å²) in [5.41, 5.74) is -0.699. The molecular weight excluding hydrogens is 407 g/mol. The summed E-state index contributed by atoms with van der Waals surface area (Å²) in [5.74, 6) is -0.792. The molecule has 0 aliphatic rings. The molecule has 156 valence electrons. The third-order valence-electron chi connectivity index (χ3n) is 4.90. The van der Waals surface area contributed by atoms with Crippen LogP contribution in [-0.2, 0) is 13.2 Å². The van der Waals surface area contributed by atoms with E-state index in [0.29, 0.717) is 16.5 Å². The number of anilines is 1. The van der Waals surface area contributed by atoms with E-state index in [0.717, 1.165) is 6.07 Å².